The molecule has 2 aromatic rings. The van der Waals surface area contributed by atoms with Gasteiger partial charge in [0.25, 0.3) is 5.91 Å². The summed E-state index contributed by atoms with van der Waals surface area (Å²) in [4.78, 5) is 12.0. The summed E-state index contributed by atoms with van der Waals surface area (Å²) >= 11 is 4.86. The van der Waals surface area contributed by atoms with Crippen molar-refractivity contribution in [3.05, 3.63) is 58.7 Å². The van der Waals surface area contributed by atoms with Crippen LogP contribution in [0, 0.1) is 30.2 Å². The van der Waals surface area contributed by atoms with Crippen LogP contribution in [0.1, 0.15) is 15.9 Å². The number of rotatable bonds is 3. The minimum atomic E-state index is -1.88. The molecule has 0 aliphatic heterocycles. The molecule has 25 heavy (non-hydrogen) atoms. The van der Waals surface area contributed by atoms with Gasteiger partial charge in [-0.2, -0.15) is 8.78 Å². The third kappa shape index (κ3) is 3.87. The molecule has 4 nitrogen and oxygen atoms in total. The SMILES string of the molecule is COc1c(F)c(F)c(C(=O)NC(=S)Nc2cccc(C)c2)c(F)c1F. The van der Waals surface area contributed by atoms with E-state index in [4.69, 9.17) is 12.2 Å². The summed E-state index contributed by atoms with van der Waals surface area (Å²) in [7, 11) is 0.834. The van der Waals surface area contributed by atoms with E-state index < -0.39 is 40.5 Å². The maximum absolute atomic E-state index is 13.9. The van der Waals surface area contributed by atoms with Crippen molar-refractivity contribution in [2.45, 2.75) is 6.92 Å². The number of carbonyl (C=O) groups excluding carboxylic acids is 1. The number of carbonyl (C=O) groups is 1. The zero-order valence-electron chi connectivity index (χ0n) is 13.0. The number of halogens is 4. The van der Waals surface area contributed by atoms with Crippen molar-refractivity contribution in [2.24, 2.45) is 0 Å². The van der Waals surface area contributed by atoms with Gasteiger partial charge in [0.2, 0.25) is 11.6 Å². The van der Waals surface area contributed by atoms with E-state index in [0.29, 0.717) is 5.69 Å². The first-order valence-electron chi connectivity index (χ1n) is 6.85. The summed E-state index contributed by atoms with van der Waals surface area (Å²) in [5.74, 6) is -10.1. The molecule has 0 unspecified atom stereocenters. The Morgan fingerprint density at radius 2 is 1.68 bits per heavy atom. The number of hydrogen-bond acceptors (Lipinski definition) is 3. The number of anilines is 1. The molecule has 9 heteroatoms. The zero-order chi connectivity index (χ0) is 18.7. The largest absolute Gasteiger partial charge is 0.491 e. The molecule has 0 bridgehead atoms. The topological polar surface area (TPSA) is 50.4 Å². The first-order chi connectivity index (χ1) is 11.8. The minimum absolute atomic E-state index is 0.300. The van der Waals surface area contributed by atoms with Crippen LogP contribution in [0.15, 0.2) is 24.3 Å². The average molecular weight is 372 g/mol. The summed E-state index contributed by atoms with van der Waals surface area (Å²) in [6, 6.07) is 6.88. The molecule has 2 N–H and O–H groups in total. The third-order valence-electron chi connectivity index (χ3n) is 3.16. The molecule has 0 fully saturated rings. The fourth-order valence-corrected chi connectivity index (χ4v) is 2.25. The maximum atomic E-state index is 13.9. The van der Waals surface area contributed by atoms with Crippen LogP contribution in [0.2, 0.25) is 0 Å². The van der Waals surface area contributed by atoms with E-state index in [0.717, 1.165) is 12.7 Å². The Hall–Kier alpha value is -2.68. The second-order valence-corrected chi connectivity index (χ2v) is 5.35. The lowest BCUT2D eigenvalue weighted by Gasteiger charge is -2.13. The molecule has 0 saturated heterocycles. The van der Waals surface area contributed by atoms with E-state index >= 15 is 0 Å². The quantitative estimate of drug-likeness (QED) is 0.490. The van der Waals surface area contributed by atoms with Crippen LogP contribution in [0.5, 0.6) is 5.75 Å². The van der Waals surface area contributed by atoms with E-state index in [-0.39, 0.29) is 5.11 Å². The van der Waals surface area contributed by atoms with E-state index in [1.807, 2.05) is 18.3 Å². The Labute approximate surface area is 145 Å². The normalized spacial score (nSPS) is 10.3. The molecular formula is C16H12F4N2O2S. The van der Waals surface area contributed by atoms with Crippen LogP contribution < -0.4 is 15.4 Å². The fraction of sp³-hybridized carbons (Fsp3) is 0.125. The Morgan fingerprint density at radius 1 is 1.08 bits per heavy atom. The lowest BCUT2D eigenvalue weighted by atomic mass is 10.1. The van der Waals surface area contributed by atoms with Crippen molar-refractivity contribution in [1.29, 1.82) is 0 Å². The van der Waals surface area contributed by atoms with Gasteiger partial charge in [-0.05, 0) is 36.8 Å². The maximum Gasteiger partial charge on any atom is 0.263 e. The van der Waals surface area contributed by atoms with Crippen LogP contribution in [-0.2, 0) is 0 Å². The molecule has 1 amide bonds. The van der Waals surface area contributed by atoms with Crippen molar-refractivity contribution in [1.82, 2.24) is 5.32 Å². The van der Waals surface area contributed by atoms with Crippen molar-refractivity contribution in [2.75, 3.05) is 12.4 Å². The van der Waals surface area contributed by atoms with Crippen molar-refractivity contribution in [3.63, 3.8) is 0 Å². The summed E-state index contributed by atoms with van der Waals surface area (Å²) in [5, 5.41) is 4.28. The van der Waals surface area contributed by atoms with Crippen LogP contribution in [0.3, 0.4) is 0 Å². The van der Waals surface area contributed by atoms with Gasteiger partial charge in [0.15, 0.2) is 22.5 Å². The van der Waals surface area contributed by atoms with Gasteiger partial charge in [-0.3, -0.25) is 10.1 Å². The highest BCUT2D eigenvalue weighted by atomic mass is 32.1. The fourth-order valence-electron chi connectivity index (χ4n) is 2.04. The number of methoxy groups -OCH3 is 1. The molecule has 0 aliphatic rings. The summed E-state index contributed by atoms with van der Waals surface area (Å²) in [6.07, 6.45) is 0. The van der Waals surface area contributed by atoms with Crippen LogP contribution >= 0.6 is 12.2 Å². The highest BCUT2D eigenvalue weighted by Gasteiger charge is 2.30. The Kier molecular flexibility index (Phi) is 5.58. The minimum Gasteiger partial charge on any atom is -0.491 e. The lowest BCUT2D eigenvalue weighted by Crippen LogP contribution is -2.35. The van der Waals surface area contributed by atoms with Gasteiger partial charge in [-0.1, -0.05) is 12.1 Å². The number of benzene rings is 2. The number of amides is 1. The molecule has 0 aromatic heterocycles. The number of hydrogen-bond donors (Lipinski definition) is 2. The standard InChI is InChI=1S/C16H12F4N2O2S/c1-7-4-3-5-8(6-7)21-16(25)22-15(23)9-10(17)12(19)14(24-2)13(20)11(9)18/h3-6H,1-2H3,(H2,21,22,23,25). The molecule has 0 atom stereocenters. The summed E-state index contributed by atoms with van der Waals surface area (Å²) in [6.45, 7) is 1.82. The zero-order valence-corrected chi connectivity index (χ0v) is 13.9. The highest BCUT2D eigenvalue weighted by Crippen LogP contribution is 2.29. The smallest absolute Gasteiger partial charge is 0.263 e. The molecule has 0 saturated carbocycles. The van der Waals surface area contributed by atoms with Gasteiger partial charge in [0.05, 0.1) is 7.11 Å². The summed E-state index contributed by atoms with van der Waals surface area (Å²) in [5.41, 5.74) is -0.0296. The molecule has 0 heterocycles. The second kappa shape index (κ2) is 7.47. The Balaban J connectivity index is 2.25. The predicted molar refractivity (Wildman–Crippen MR) is 87.7 cm³/mol. The van der Waals surface area contributed by atoms with Crippen LogP contribution in [0.25, 0.3) is 0 Å². The van der Waals surface area contributed by atoms with Crippen molar-refractivity contribution < 1.29 is 27.1 Å². The number of ether oxygens (including phenoxy) is 1. The molecule has 0 spiro atoms. The lowest BCUT2D eigenvalue weighted by molar-refractivity contribution is 0.0966. The first kappa shape index (κ1) is 18.7. The van der Waals surface area contributed by atoms with Crippen molar-refractivity contribution >= 4 is 28.9 Å². The Morgan fingerprint density at radius 3 is 2.20 bits per heavy atom. The summed E-state index contributed by atoms with van der Waals surface area (Å²) < 4.78 is 59.3. The highest BCUT2D eigenvalue weighted by molar-refractivity contribution is 7.80. The monoisotopic (exact) mass is 372 g/mol. The number of nitrogens with one attached hydrogen (secondary N) is 2. The van der Waals surface area contributed by atoms with Gasteiger partial charge in [-0.15, -0.1) is 0 Å². The average Bonchev–Trinajstić information content (AvgIpc) is 2.53. The molecular weight excluding hydrogens is 360 g/mol. The van der Waals surface area contributed by atoms with E-state index in [1.54, 1.807) is 18.2 Å². The van der Waals surface area contributed by atoms with E-state index in [9.17, 15) is 22.4 Å². The molecule has 0 aliphatic carbocycles. The predicted octanol–water partition coefficient (Wildman–Crippen LogP) is 3.69. The van der Waals surface area contributed by atoms with Gasteiger partial charge < -0.3 is 10.1 Å². The van der Waals surface area contributed by atoms with Crippen molar-refractivity contribution in [3.8, 4) is 5.75 Å². The van der Waals surface area contributed by atoms with Gasteiger partial charge in [-0.25, -0.2) is 8.78 Å². The third-order valence-corrected chi connectivity index (χ3v) is 3.36. The van der Waals surface area contributed by atoms with E-state index in [2.05, 4.69) is 10.1 Å². The second-order valence-electron chi connectivity index (χ2n) is 4.94. The molecule has 2 rings (SSSR count). The molecule has 2 aromatic carbocycles. The van der Waals surface area contributed by atoms with Gasteiger partial charge in [0, 0.05) is 5.69 Å². The Bertz CT molecular complexity index is 829. The van der Waals surface area contributed by atoms with Gasteiger partial charge >= 0.3 is 0 Å². The first-order valence-corrected chi connectivity index (χ1v) is 7.26. The molecule has 132 valence electrons. The van der Waals surface area contributed by atoms with Gasteiger partial charge in [0.1, 0.15) is 5.56 Å². The number of aryl methyl sites for hydroxylation is 1. The van der Waals surface area contributed by atoms with Crippen LogP contribution in [0.4, 0.5) is 23.2 Å². The number of thiocarbonyl (C=S) groups is 1. The molecule has 0 radical (unpaired) electrons. The van der Waals surface area contributed by atoms with Crippen LogP contribution in [-0.4, -0.2) is 18.1 Å². The van der Waals surface area contributed by atoms with E-state index in [1.165, 1.54) is 0 Å².